The average molecular weight is 472 g/mol. The molecule has 0 saturated heterocycles. The summed E-state index contributed by atoms with van der Waals surface area (Å²) in [5.74, 6) is 1.56. The number of hydrogen-bond donors (Lipinski definition) is 0. The van der Waals surface area contributed by atoms with E-state index in [1.54, 1.807) is 17.5 Å². The Morgan fingerprint density at radius 3 is 2.74 bits per heavy atom. The minimum atomic E-state index is -0.0298. The molecular weight excluding hydrogens is 446 g/mol. The number of aryl methyl sites for hydroxylation is 1. The van der Waals surface area contributed by atoms with Crippen LogP contribution in [-0.4, -0.2) is 35.6 Å². The maximum atomic E-state index is 12.7. The zero-order chi connectivity index (χ0) is 23.3. The molecule has 34 heavy (non-hydrogen) atoms. The molecule has 1 amide bonds. The zero-order valence-electron chi connectivity index (χ0n) is 18.9. The summed E-state index contributed by atoms with van der Waals surface area (Å²) in [5.41, 5.74) is 3.52. The van der Waals surface area contributed by atoms with Gasteiger partial charge in [-0.3, -0.25) is 9.78 Å². The van der Waals surface area contributed by atoms with Crippen LogP contribution in [0.25, 0.3) is 22.0 Å². The molecule has 0 unspecified atom stereocenters. The average Bonchev–Trinajstić information content (AvgIpc) is 3.27. The van der Waals surface area contributed by atoms with Crippen molar-refractivity contribution in [2.75, 3.05) is 24.7 Å². The van der Waals surface area contributed by atoms with Crippen LogP contribution in [0, 0.1) is 6.92 Å². The SMILES string of the molecule is Cc1sc(-c2ccccn2)nc1-c1ccc2c(c1)N(CCCCOc1ccccc1)C(=O)CO2. The van der Waals surface area contributed by atoms with Crippen LogP contribution in [0.5, 0.6) is 11.5 Å². The predicted octanol–water partition coefficient (Wildman–Crippen LogP) is 5.77. The van der Waals surface area contributed by atoms with E-state index >= 15 is 0 Å². The summed E-state index contributed by atoms with van der Waals surface area (Å²) < 4.78 is 11.5. The first-order chi connectivity index (χ1) is 16.7. The third-order valence-electron chi connectivity index (χ3n) is 5.64. The summed E-state index contributed by atoms with van der Waals surface area (Å²) >= 11 is 1.62. The Balaban J connectivity index is 1.31. The Morgan fingerprint density at radius 1 is 1.06 bits per heavy atom. The summed E-state index contributed by atoms with van der Waals surface area (Å²) in [4.78, 5) is 24.9. The van der Waals surface area contributed by atoms with Gasteiger partial charge in [0.25, 0.3) is 5.91 Å². The van der Waals surface area contributed by atoms with Gasteiger partial charge in [0.15, 0.2) is 6.61 Å². The molecule has 0 radical (unpaired) electrons. The Bertz CT molecular complexity index is 1280. The molecule has 0 spiro atoms. The van der Waals surface area contributed by atoms with Gasteiger partial charge in [0.1, 0.15) is 16.5 Å². The number of aromatic nitrogens is 2. The molecule has 1 aliphatic heterocycles. The first-order valence-electron chi connectivity index (χ1n) is 11.3. The molecule has 0 aliphatic carbocycles. The van der Waals surface area contributed by atoms with Gasteiger partial charge in [0.05, 0.1) is 23.7 Å². The van der Waals surface area contributed by atoms with E-state index < -0.39 is 0 Å². The Kier molecular flexibility index (Phi) is 6.53. The molecule has 172 valence electrons. The van der Waals surface area contributed by atoms with Crippen LogP contribution in [-0.2, 0) is 4.79 Å². The number of fused-ring (bicyclic) bond motifs is 1. The van der Waals surface area contributed by atoms with Crippen LogP contribution in [0.1, 0.15) is 17.7 Å². The first-order valence-corrected chi connectivity index (χ1v) is 12.1. The van der Waals surface area contributed by atoms with Crippen LogP contribution in [0.2, 0.25) is 0 Å². The fourth-order valence-corrected chi connectivity index (χ4v) is 4.85. The molecular formula is C27H25N3O3S. The molecule has 3 heterocycles. The molecule has 7 heteroatoms. The quantitative estimate of drug-likeness (QED) is 0.306. The van der Waals surface area contributed by atoms with Crippen molar-refractivity contribution in [3.05, 3.63) is 77.8 Å². The van der Waals surface area contributed by atoms with Gasteiger partial charge in [0, 0.05) is 23.2 Å². The van der Waals surface area contributed by atoms with E-state index in [-0.39, 0.29) is 12.5 Å². The minimum Gasteiger partial charge on any atom is -0.494 e. The lowest BCUT2D eigenvalue weighted by Crippen LogP contribution is -2.39. The topological polar surface area (TPSA) is 64.5 Å². The molecule has 0 N–H and O–H groups in total. The van der Waals surface area contributed by atoms with E-state index in [4.69, 9.17) is 14.5 Å². The standard InChI is InChI=1S/C27H25N3O3S/c1-19-26(29-27(34-19)22-11-5-6-14-28-22)20-12-13-24-23(17-20)30(25(31)18-33-24)15-7-8-16-32-21-9-3-2-4-10-21/h2-6,9-14,17H,7-8,15-16,18H2,1H3. The monoisotopic (exact) mass is 471 g/mol. The smallest absolute Gasteiger partial charge is 0.265 e. The van der Waals surface area contributed by atoms with E-state index in [1.165, 1.54) is 0 Å². The van der Waals surface area contributed by atoms with Crippen LogP contribution < -0.4 is 14.4 Å². The van der Waals surface area contributed by atoms with E-state index in [0.717, 1.165) is 56.9 Å². The predicted molar refractivity (Wildman–Crippen MR) is 135 cm³/mol. The van der Waals surface area contributed by atoms with Gasteiger partial charge in [-0.15, -0.1) is 11.3 Å². The second kappa shape index (κ2) is 10.1. The largest absolute Gasteiger partial charge is 0.494 e. The van der Waals surface area contributed by atoms with Crippen LogP contribution in [0.4, 0.5) is 5.69 Å². The molecule has 0 fully saturated rings. The third kappa shape index (κ3) is 4.79. The van der Waals surface area contributed by atoms with E-state index in [9.17, 15) is 4.79 Å². The van der Waals surface area contributed by atoms with Gasteiger partial charge in [-0.1, -0.05) is 24.3 Å². The number of amides is 1. The van der Waals surface area contributed by atoms with Gasteiger partial charge in [0.2, 0.25) is 0 Å². The Labute approximate surface area is 202 Å². The van der Waals surface area contributed by atoms with Crippen molar-refractivity contribution in [2.45, 2.75) is 19.8 Å². The number of nitrogens with zero attached hydrogens (tertiary/aromatic N) is 3. The van der Waals surface area contributed by atoms with Gasteiger partial charge in [-0.25, -0.2) is 4.98 Å². The van der Waals surface area contributed by atoms with E-state index in [1.807, 2.05) is 71.6 Å². The Morgan fingerprint density at radius 2 is 1.91 bits per heavy atom. The second-order valence-corrected chi connectivity index (χ2v) is 9.23. The molecule has 6 nitrogen and oxygen atoms in total. The van der Waals surface area contributed by atoms with Crippen molar-refractivity contribution < 1.29 is 14.3 Å². The molecule has 4 aromatic rings. The number of para-hydroxylation sites is 1. The van der Waals surface area contributed by atoms with Crippen molar-refractivity contribution in [3.8, 4) is 33.5 Å². The highest BCUT2D eigenvalue weighted by Gasteiger charge is 2.26. The van der Waals surface area contributed by atoms with E-state index in [0.29, 0.717) is 13.2 Å². The summed E-state index contributed by atoms with van der Waals surface area (Å²) in [6, 6.07) is 21.5. The first kappa shape index (κ1) is 22.1. The highest BCUT2D eigenvalue weighted by atomic mass is 32.1. The van der Waals surface area contributed by atoms with Crippen LogP contribution in [0.3, 0.4) is 0 Å². The number of ether oxygens (including phenoxy) is 2. The zero-order valence-corrected chi connectivity index (χ0v) is 19.8. The normalized spacial score (nSPS) is 12.9. The maximum Gasteiger partial charge on any atom is 0.265 e. The number of pyridine rings is 1. The second-order valence-electron chi connectivity index (χ2n) is 8.02. The summed E-state index contributed by atoms with van der Waals surface area (Å²) in [7, 11) is 0. The lowest BCUT2D eigenvalue weighted by Gasteiger charge is -2.29. The number of rotatable bonds is 8. The van der Waals surface area contributed by atoms with Crippen LogP contribution >= 0.6 is 11.3 Å². The van der Waals surface area contributed by atoms with Crippen LogP contribution in [0.15, 0.2) is 72.9 Å². The van der Waals surface area contributed by atoms with Gasteiger partial charge in [-0.2, -0.15) is 0 Å². The van der Waals surface area contributed by atoms with E-state index in [2.05, 4.69) is 11.9 Å². The minimum absolute atomic E-state index is 0.0298. The molecule has 2 aromatic heterocycles. The van der Waals surface area contributed by atoms with Crippen molar-refractivity contribution in [1.29, 1.82) is 0 Å². The van der Waals surface area contributed by atoms with Gasteiger partial charge < -0.3 is 14.4 Å². The molecule has 0 atom stereocenters. The van der Waals surface area contributed by atoms with Gasteiger partial charge in [-0.05, 0) is 62.2 Å². The number of hydrogen-bond acceptors (Lipinski definition) is 6. The lowest BCUT2D eigenvalue weighted by atomic mass is 10.1. The van der Waals surface area contributed by atoms with Crippen molar-refractivity contribution >= 4 is 22.9 Å². The maximum absolute atomic E-state index is 12.7. The summed E-state index contributed by atoms with van der Waals surface area (Å²) in [6.45, 7) is 3.35. The van der Waals surface area contributed by atoms with Gasteiger partial charge >= 0.3 is 0 Å². The highest BCUT2D eigenvalue weighted by molar-refractivity contribution is 7.15. The number of carbonyl (C=O) groups is 1. The fourth-order valence-electron chi connectivity index (χ4n) is 3.94. The molecule has 0 saturated carbocycles. The summed E-state index contributed by atoms with van der Waals surface area (Å²) in [5, 5.41) is 0.883. The number of thiazole rings is 1. The Hall–Kier alpha value is -3.71. The van der Waals surface area contributed by atoms with Crippen molar-refractivity contribution in [3.63, 3.8) is 0 Å². The molecule has 5 rings (SSSR count). The molecule has 0 bridgehead atoms. The van der Waals surface area contributed by atoms with Crippen molar-refractivity contribution in [1.82, 2.24) is 9.97 Å². The highest BCUT2D eigenvalue weighted by Crippen LogP contribution is 2.39. The number of benzene rings is 2. The molecule has 2 aromatic carbocycles. The third-order valence-corrected chi connectivity index (χ3v) is 6.64. The number of anilines is 1. The lowest BCUT2D eigenvalue weighted by molar-refractivity contribution is -0.121. The van der Waals surface area contributed by atoms with Crippen molar-refractivity contribution in [2.24, 2.45) is 0 Å². The summed E-state index contributed by atoms with van der Waals surface area (Å²) in [6.07, 6.45) is 3.46. The number of carbonyl (C=O) groups excluding carboxylic acids is 1. The fraction of sp³-hybridized carbons (Fsp3) is 0.222. The molecule has 1 aliphatic rings. The number of unbranched alkanes of at least 4 members (excludes halogenated alkanes) is 1.